The minimum atomic E-state index is -0.0416. The van der Waals surface area contributed by atoms with Crippen molar-refractivity contribution in [3.63, 3.8) is 0 Å². The van der Waals surface area contributed by atoms with Gasteiger partial charge in [0, 0.05) is 6.54 Å². The molecule has 3 rings (SSSR count). The predicted molar refractivity (Wildman–Crippen MR) is 76.1 cm³/mol. The van der Waals surface area contributed by atoms with Crippen molar-refractivity contribution in [3.05, 3.63) is 29.6 Å². The Morgan fingerprint density at radius 1 is 1.44 bits per heavy atom. The molecule has 0 N–H and O–H groups in total. The Balaban J connectivity index is 2.16. The monoisotopic (exact) mass is 262 g/mol. The average molecular weight is 263 g/mol. The molecule has 1 fully saturated rings. The van der Waals surface area contributed by atoms with Crippen molar-refractivity contribution < 1.29 is 0 Å². The van der Waals surface area contributed by atoms with Gasteiger partial charge in [-0.25, -0.2) is 4.98 Å². The summed E-state index contributed by atoms with van der Waals surface area (Å²) in [6, 6.07) is 6.43. The summed E-state index contributed by atoms with van der Waals surface area (Å²) in [5, 5.41) is -0.0416. The number of aromatic nitrogens is 2. The molecule has 96 valence electrons. The van der Waals surface area contributed by atoms with E-state index >= 15 is 0 Å². The second-order valence-electron chi connectivity index (χ2n) is 5.97. The lowest BCUT2D eigenvalue weighted by atomic mass is 10.1. The van der Waals surface area contributed by atoms with Crippen LogP contribution in [0.2, 0.25) is 0 Å². The summed E-state index contributed by atoms with van der Waals surface area (Å²) in [5.74, 6) is 1.00. The zero-order valence-corrected chi connectivity index (χ0v) is 12.0. The van der Waals surface area contributed by atoms with E-state index < -0.39 is 0 Å². The lowest BCUT2D eigenvalue weighted by Gasteiger charge is -2.15. The summed E-state index contributed by atoms with van der Waals surface area (Å²) in [7, 11) is 0. The van der Waals surface area contributed by atoms with Crippen LogP contribution in [0.1, 0.15) is 43.5 Å². The Bertz CT molecular complexity index is 594. The minimum absolute atomic E-state index is 0.0416. The predicted octanol–water partition coefficient (Wildman–Crippen LogP) is 4.44. The fourth-order valence-corrected chi connectivity index (χ4v) is 2.64. The van der Waals surface area contributed by atoms with E-state index in [-0.39, 0.29) is 5.38 Å². The molecule has 2 nitrogen and oxygen atoms in total. The van der Waals surface area contributed by atoms with E-state index in [4.69, 9.17) is 16.6 Å². The topological polar surface area (TPSA) is 17.8 Å². The van der Waals surface area contributed by atoms with Gasteiger partial charge in [0.05, 0.1) is 16.4 Å². The van der Waals surface area contributed by atoms with Gasteiger partial charge in [0.1, 0.15) is 5.82 Å². The molecule has 0 bridgehead atoms. The number of hydrogen-bond acceptors (Lipinski definition) is 1. The molecule has 1 aliphatic carbocycles. The smallest absolute Gasteiger partial charge is 0.127 e. The number of rotatable bonds is 3. The van der Waals surface area contributed by atoms with Crippen molar-refractivity contribution in [1.82, 2.24) is 9.55 Å². The quantitative estimate of drug-likeness (QED) is 0.748. The molecule has 3 heteroatoms. The van der Waals surface area contributed by atoms with Crippen LogP contribution in [0.25, 0.3) is 11.0 Å². The van der Waals surface area contributed by atoms with Crippen LogP contribution in [0.5, 0.6) is 0 Å². The van der Waals surface area contributed by atoms with Gasteiger partial charge in [-0.1, -0.05) is 13.0 Å². The van der Waals surface area contributed by atoms with Crippen molar-refractivity contribution in [2.24, 2.45) is 5.41 Å². The number of nitrogens with zero attached hydrogens (tertiary/aromatic N) is 2. The van der Waals surface area contributed by atoms with Crippen molar-refractivity contribution in [3.8, 4) is 0 Å². The molecule has 0 spiro atoms. The molecule has 0 radical (unpaired) electrons. The molecule has 1 saturated carbocycles. The van der Waals surface area contributed by atoms with Crippen LogP contribution in [0.4, 0.5) is 0 Å². The Hall–Kier alpha value is -1.02. The van der Waals surface area contributed by atoms with Crippen LogP contribution in [-0.2, 0) is 6.54 Å². The SMILES string of the molecule is Cc1ccc2nc(C(C)Cl)n(CC3(C)CC3)c2c1. The third-order valence-corrected chi connectivity index (χ3v) is 4.13. The summed E-state index contributed by atoms with van der Waals surface area (Å²) < 4.78 is 2.33. The number of aryl methyl sites for hydroxylation is 1. The van der Waals surface area contributed by atoms with Crippen molar-refractivity contribution in [2.75, 3.05) is 0 Å². The van der Waals surface area contributed by atoms with E-state index in [1.54, 1.807) is 0 Å². The number of benzene rings is 1. The lowest BCUT2D eigenvalue weighted by Crippen LogP contribution is -2.11. The highest BCUT2D eigenvalue weighted by Gasteiger charge is 2.38. The molecule has 0 aliphatic heterocycles. The maximum absolute atomic E-state index is 6.29. The second-order valence-corrected chi connectivity index (χ2v) is 6.63. The van der Waals surface area contributed by atoms with E-state index in [0.29, 0.717) is 5.41 Å². The molecule has 1 aromatic heterocycles. The van der Waals surface area contributed by atoms with Gasteiger partial charge in [0.2, 0.25) is 0 Å². The Labute approximate surface area is 113 Å². The number of alkyl halides is 1. The van der Waals surface area contributed by atoms with Crippen LogP contribution in [-0.4, -0.2) is 9.55 Å². The van der Waals surface area contributed by atoms with Crippen LogP contribution in [0, 0.1) is 12.3 Å². The molecule has 0 amide bonds. The third-order valence-electron chi connectivity index (χ3n) is 3.93. The van der Waals surface area contributed by atoms with Crippen molar-refractivity contribution in [2.45, 2.75) is 45.5 Å². The molecular formula is C15H19ClN2. The first-order valence-corrected chi connectivity index (χ1v) is 7.03. The van der Waals surface area contributed by atoms with Gasteiger partial charge in [0.25, 0.3) is 0 Å². The van der Waals surface area contributed by atoms with E-state index in [9.17, 15) is 0 Å². The summed E-state index contributed by atoms with van der Waals surface area (Å²) in [6.45, 7) is 7.51. The van der Waals surface area contributed by atoms with Gasteiger partial charge in [-0.3, -0.25) is 0 Å². The number of hydrogen-bond donors (Lipinski definition) is 0. The number of fused-ring (bicyclic) bond motifs is 1. The molecule has 1 heterocycles. The summed E-state index contributed by atoms with van der Waals surface area (Å²) >= 11 is 6.29. The highest BCUT2D eigenvalue weighted by molar-refractivity contribution is 6.20. The molecule has 0 saturated heterocycles. The van der Waals surface area contributed by atoms with Gasteiger partial charge < -0.3 is 4.57 Å². The first-order valence-electron chi connectivity index (χ1n) is 6.59. The Morgan fingerprint density at radius 3 is 2.78 bits per heavy atom. The highest BCUT2D eigenvalue weighted by atomic mass is 35.5. The zero-order chi connectivity index (χ0) is 12.9. The molecule has 18 heavy (non-hydrogen) atoms. The maximum atomic E-state index is 6.29. The standard InChI is InChI=1S/C15H19ClN2/c1-10-4-5-12-13(8-10)18(9-15(3)6-7-15)14(17-12)11(2)16/h4-5,8,11H,6-7,9H2,1-3H3. The Kier molecular flexibility index (Phi) is 2.67. The van der Waals surface area contributed by atoms with Gasteiger partial charge in [-0.2, -0.15) is 0 Å². The largest absolute Gasteiger partial charge is 0.326 e. The van der Waals surface area contributed by atoms with E-state index in [2.05, 4.69) is 36.6 Å². The van der Waals surface area contributed by atoms with Crippen LogP contribution >= 0.6 is 11.6 Å². The molecular weight excluding hydrogens is 244 g/mol. The van der Waals surface area contributed by atoms with Gasteiger partial charge in [-0.15, -0.1) is 11.6 Å². The fourth-order valence-electron chi connectivity index (χ4n) is 2.47. The second kappa shape index (κ2) is 3.99. The zero-order valence-electron chi connectivity index (χ0n) is 11.2. The third kappa shape index (κ3) is 2.03. The highest BCUT2D eigenvalue weighted by Crippen LogP contribution is 2.47. The molecule has 2 aromatic rings. The van der Waals surface area contributed by atoms with Crippen LogP contribution in [0.15, 0.2) is 18.2 Å². The van der Waals surface area contributed by atoms with Gasteiger partial charge >= 0.3 is 0 Å². The molecule has 1 aromatic carbocycles. The normalized spacial score (nSPS) is 19.1. The van der Waals surface area contributed by atoms with E-state index in [1.165, 1.54) is 23.9 Å². The number of imidazole rings is 1. The van der Waals surface area contributed by atoms with Crippen molar-refractivity contribution >= 4 is 22.6 Å². The minimum Gasteiger partial charge on any atom is -0.326 e. The average Bonchev–Trinajstić information content (AvgIpc) is 2.92. The van der Waals surface area contributed by atoms with Gasteiger partial charge in [0.15, 0.2) is 0 Å². The molecule has 1 unspecified atom stereocenters. The lowest BCUT2D eigenvalue weighted by molar-refractivity contribution is 0.461. The molecule has 1 atom stereocenters. The summed E-state index contributed by atoms with van der Waals surface area (Å²) in [4.78, 5) is 4.70. The molecule has 1 aliphatic rings. The van der Waals surface area contributed by atoms with Crippen LogP contribution in [0.3, 0.4) is 0 Å². The van der Waals surface area contributed by atoms with Crippen LogP contribution < -0.4 is 0 Å². The fraction of sp³-hybridized carbons (Fsp3) is 0.533. The van der Waals surface area contributed by atoms with E-state index in [1.807, 2.05) is 6.92 Å². The summed E-state index contributed by atoms with van der Waals surface area (Å²) in [5.41, 5.74) is 4.02. The van der Waals surface area contributed by atoms with E-state index in [0.717, 1.165) is 17.9 Å². The number of halogens is 1. The van der Waals surface area contributed by atoms with Crippen molar-refractivity contribution in [1.29, 1.82) is 0 Å². The maximum Gasteiger partial charge on any atom is 0.127 e. The summed E-state index contributed by atoms with van der Waals surface area (Å²) in [6.07, 6.45) is 2.63. The first-order chi connectivity index (χ1) is 8.48. The van der Waals surface area contributed by atoms with Gasteiger partial charge in [-0.05, 0) is 49.8 Å². The first kappa shape index (κ1) is 12.0. The Morgan fingerprint density at radius 2 is 2.17 bits per heavy atom.